The van der Waals surface area contributed by atoms with E-state index in [1.807, 2.05) is 46.1 Å². The van der Waals surface area contributed by atoms with E-state index in [1.165, 1.54) is 16.5 Å². The fraction of sp³-hybridized carbons (Fsp3) is 0.172. The van der Waals surface area contributed by atoms with Crippen LogP contribution in [0.15, 0.2) is 91.3 Å². The zero-order valence-corrected chi connectivity index (χ0v) is 19.1. The lowest BCUT2D eigenvalue weighted by Crippen LogP contribution is -2.41. The highest BCUT2D eigenvalue weighted by atomic mass is 16.2. The molecule has 5 heteroatoms. The second kappa shape index (κ2) is 8.34. The maximum atomic E-state index is 14.0. The van der Waals surface area contributed by atoms with Gasteiger partial charge in [0.2, 0.25) is 0 Å². The molecule has 1 amide bonds. The Balaban J connectivity index is 1.43. The molecule has 0 saturated heterocycles. The van der Waals surface area contributed by atoms with Crippen LogP contribution in [0.3, 0.4) is 0 Å². The van der Waals surface area contributed by atoms with Crippen molar-refractivity contribution < 1.29 is 4.79 Å². The molecule has 1 atom stereocenters. The van der Waals surface area contributed by atoms with Crippen molar-refractivity contribution in [3.63, 3.8) is 0 Å². The number of para-hydroxylation sites is 1. The van der Waals surface area contributed by atoms with Crippen LogP contribution in [0.1, 0.15) is 44.3 Å². The minimum atomic E-state index is -0.153. The maximum absolute atomic E-state index is 14.0. The molecule has 3 aromatic carbocycles. The molecule has 5 nitrogen and oxygen atoms in total. The Hall–Kier alpha value is -4.12. The maximum Gasteiger partial charge on any atom is 0.254 e. The van der Waals surface area contributed by atoms with Crippen molar-refractivity contribution in [3.8, 4) is 0 Å². The second-order valence-electron chi connectivity index (χ2n) is 8.97. The number of hydrogen-bond acceptors (Lipinski definition) is 2. The van der Waals surface area contributed by atoms with Crippen molar-refractivity contribution in [2.45, 2.75) is 25.9 Å². The predicted molar refractivity (Wildman–Crippen MR) is 134 cm³/mol. The molecular weight excluding hydrogens is 420 g/mol. The van der Waals surface area contributed by atoms with Gasteiger partial charge < -0.3 is 9.88 Å². The first-order valence-electron chi connectivity index (χ1n) is 11.7. The van der Waals surface area contributed by atoms with Crippen molar-refractivity contribution in [3.05, 3.63) is 125 Å². The minimum Gasteiger partial charge on any atom is -0.356 e. The van der Waals surface area contributed by atoms with Crippen molar-refractivity contribution in [1.82, 2.24) is 19.7 Å². The zero-order chi connectivity index (χ0) is 23.1. The summed E-state index contributed by atoms with van der Waals surface area (Å²) in [5, 5.41) is 5.55. The van der Waals surface area contributed by atoms with Crippen LogP contribution >= 0.6 is 0 Å². The third-order valence-corrected chi connectivity index (χ3v) is 6.86. The van der Waals surface area contributed by atoms with Gasteiger partial charge >= 0.3 is 0 Å². The van der Waals surface area contributed by atoms with Crippen LogP contribution in [-0.4, -0.2) is 32.1 Å². The van der Waals surface area contributed by atoms with Gasteiger partial charge in [0, 0.05) is 41.1 Å². The lowest BCUT2D eigenvalue weighted by atomic mass is 9.89. The van der Waals surface area contributed by atoms with Crippen LogP contribution in [0, 0.1) is 6.92 Å². The smallest absolute Gasteiger partial charge is 0.254 e. The third-order valence-electron chi connectivity index (χ3n) is 6.86. The Kier molecular flexibility index (Phi) is 5.02. The van der Waals surface area contributed by atoms with Gasteiger partial charge in [-0.3, -0.25) is 9.48 Å². The number of aromatic nitrogens is 3. The minimum absolute atomic E-state index is 0.0554. The fourth-order valence-corrected chi connectivity index (χ4v) is 5.23. The summed E-state index contributed by atoms with van der Waals surface area (Å²) in [6.45, 7) is 3.44. The van der Waals surface area contributed by atoms with Gasteiger partial charge in [-0.05, 0) is 59.9 Å². The van der Waals surface area contributed by atoms with E-state index in [-0.39, 0.29) is 11.9 Å². The highest BCUT2D eigenvalue weighted by Gasteiger charge is 2.35. The Morgan fingerprint density at radius 1 is 1.03 bits per heavy atom. The van der Waals surface area contributed by atoms with Gasteiger partial charge in [-0.25, -0.2) is 0 Å². The standard InChI is InChI=1S/C29H26N4O/c1-20-8-2-3-11-23(20)28-27-25(24-12-4-5-13-26(24)31-27)14-17-33(28)29(34)22-10-6-9-21(18-22)19-32-16-7-15-30-32/h2-13,15-16,18,28,31H,14,17,19H2,1H3. The molecule has 2 aromatic heterocycles. The molecule has 3 heterocycles. The number of carbonyl (C=O) groups excluding carboxylic acids is 1. The summed E-state index contributed by atoms with van der Waals surface area (Å²) in [6.07, 6.45) is 4.54. The molecule has 1 N–H and O–H groups in total. The number of H-pyrrole nitrogens is 1. The Morgan fingerprint density at radius 3 is 2.74 bits per heavy atom. The molecule has 1 aliphatic heterocycles. The number of benzene rings is 3. The molecular formula is C29H26N4O. The van der Waals surface area contributed by atoms with Gasteiger partial charge in [0.05, 0.1) is 12.6 Å². The lowest BCUT2D eigenvalue weighted by molar-refractivity contribution is 0.0691. The van der Waals surface area contributed by atoms with Crippen molar-refractivity contribution >= 4 is 16.8 Å². The molecule has 0 fully saturated rings. The molecule has 0 saturated carbocycles. The van der Waals surface area contributed by atoms with Crippen molar-refractivity contribution in [1.29, 1.82) is 0 Å². The SMILES string of the molecule is Cc1ccccc1C1c2[nH]c3ccccc3c2CCN1C(=O)c1cccc(Cn2cccn2)c1. The normalized spacial score (nSPS) is 15.4. The molecule has 0 spiro atoms. The summed E-state index contributed by atoms with van der Waals surface area (Å²) >= 11 is 0. The summed E-state index contributed by atoms with van der Waals surface area (Å²) in [5.41, 5.74) is 7.69. The van der Waals surface area contributed by atoms with E-state index in [9.17, 15) is 4.79 Å². The largest absolute Gasteiger partial charge is 0.356 e. The van der Waals surface area contributed by atoms with E-state index in [1.54, 1.807) is 6.20 Å². The third kappa shape index (κ3) is 3.50. The fourth-order valence-electron chi connectivity index (χ4n) is 5.23. The molecule has 0 aliphatic carbocycles. The average molecular weight is 447 g/mol. The summed E-state index contributed by atoms with van der Waals surface area (Å²) in [7, 11) is 0. The Bertz CT molecular complexity index is 1480. The second-order valence-corrected chi connectivity index (χ2v) is 8.97. The number of rotatable bonds is 4. The zero-order valence-electron chi connectivity index (χ0n) is 19.1. The number of hydrogen-bond donors (Lipinski definition) is 1. The summed E-state index contributed by atoms with van der Waals surface area (Å²) in [4.78, 5) is 19.7. The van der Waals surface area contributed by atoms with E-state index in [4.69, 9.17) is 0 Å². The first kappa shape index (κ1) is 20.5. The van der Waals surface area contributed by atoms with Crippen molar-refractivity contribution in [2.24, 2.45) is 0 Å². The highest BCUT2D eigenvalue weighted by molar-refractivity contribution is 5.96. The Labute approximate surface area is 198 Å². The number of amides is 1. The molecule has 5 aromatic rings. The highest BCUT2D eigenvalue weighted by Crippen LogP contribution is 2.40. The van der Waals surface area contributed by atoms with E-state index in [0.717, 1.165) is 28.8 Å². The first-order chi connectivity index (χ1) is 16.7. The van der Waals surface area contributed by atoms with Gasteiger partial charge in [0.25, 0.3) is 5.91 Å². The average Bonchev–Trinajstić information content (AvgIpc) is 3.51. The quantitative estimate of drug-likeness (QED) is 0.396. The molecule has 168 valence electrons. The van der Waals surface area contributed by atoms with Crippen molar-refractivity contribution in [2.75, 3.05) is 6.54 Å². The number of carbonyl (C=O) groups is 1. The number of aromatic amines is 1. The topological polar surface area (TPSA) is 53.9 Å². The van der Waals surface area contributed by atoms with Crippen LogP contribution in [0.25, 0.3) is 10.9 Å². The summed E-state index contributed by atoms with van der Waals surface area (Å²) in [6, 6.07) is 26.5. The van der Waals surface area contributed by atoms with Gasteiger partial charge in [-0.2, -0.15) is 5.10 Å². The van der Waals surface area contributed by atoms with E-state index in [2.05, 4.69) is 65.5 Å². The molecule has 0 bridgehead atoms. The van der Waals surface area contributed by atoms with E-state index >= 15 is 0 Å². The van der Waals surface area contributed by atoms with Gasteiger partial charge in [-0.1, -0.05) is 54.6 Å². The van der Waals surface area contributed by atoms with E-state index in [0.29, 0.717) is 18.7 Å². The van der Waals surface area contributed by atoms with E-state index < -0.39 is 0 Å². The number of aryl methyl sites for hydroxylation is 1. The van der Waals surface area contributed by atoms with Crippen LogP contribution < -0.4 is 0 Å². The summed E-state index contributed by atoms with van der Waals surface area (Å²) < 4.78 is 1.87. The van der Waals surface area contributed by atoms with Crippen LogP contribution in [-0.2, 0) is 13.0 Å². The van der Waals surface area contributed by atoms with Gasteiger partial charge in [0.15, 0.2) is 0 Å². The number of nitrogens with zero attached hydrogens (tertiary/aromatic N) is 3. The van der Waals surface area contributed by atoms with Gasteiger partial charge in [-0.15, -0.1) is 0 Å². The number of fused-ring (bicyclic) bond motifs is 3. The predicted octanol–water partition coefficient (Wildman–Crippen LogP) is 5.51. The van der Waals surface area contributed by atoms with Crippen LogP contribution in [0.4, 0.5) is 0 Å². The van der Waals surface area contributed by atoms with Gasteiger partial charge in [0.1, 0.15) is 0 Å². The Morgan fingerprint density at radius 2 is 1.88 bits per heavy atom. The first-order valence-corrected chi connectivity index (χ1v) is 11.7. The molecule has 34 heavy (non-hydrogen) atoms. The number of nitrogens with one attached hydrogen (secondary N) is 1. The monoisotopic (exact) mass is 446 g/mol. The molecule has 1 aliphatic rings. The summed E-state index contributed by atoms with van der Waals surface area (Å²) in [5.74, 6) is 0.0554. The van der Waals surface area contributed by atoms with Crippen LogP contribution in [0.2, 0.25) is 0 Å². The molecule has 0 radical (unpaired) electrons. The lowest BCUT2D eigenvalue weighted by Gasteiger charge is -2.37. The molecule has 6 rings (SSSR count). The van der Waals surface area contributed by atoms with Crippen LogP contribution in [0.5, 0.6) is 0 Å². The molecule has 1 unspecified atom stereocenters.